The van der Waals surface area contributed by atoms with Crippen LogP contribution in [0.25, 0.3) is 0 Å². The van der Waals surface area contributed by atoms with Gasteiger partial charge in [0.1, 0.15) is 0 Å². The number of thiazole rings is 1. The molecule has 3 heteroatoms. The zero-order chi connectivity index (χ0) is 13.0. The van der Waals surface area contributed by atoms with E-state index < -0.39 is 5.60 Å². The van der Waals surface area contributed by atoms with Gasteiger partial charge >= 0.3 is 0 Å². The van der Waals surface area contributed by atoms with Crippen molar-refractivity contribution in [2.75, 3.05) is 0 Å². The van der Waals surface area contributed by atoms with E-state index in [1.165, 1.54) is 5.56 Å². The van der Waals surface area contributed by atoms with E-state index in [0.29, 0.717) is 12.8 Å². The lowest BCUT2D eigenvalue weighted by Gasteiger charge is -2.26. The zero-order valence-corrected chi connectivity index (χ0v) is 11.7. The number of aliphatic hydroxyl groups is 1. The second-order valence-corrected chi connectivity index (χ2v) is 5.84. The molecule has 96 valence electrons. The van der Waals surface area contributed by atoms with Crippen LogP contribution in [0.5, 0.6) is 0 Å². The molecule has 0 amide bonds. The minimum Gasteiger partial charge on any atom is -0.389 e. The van der Waals surface area contributed by atoms with Crippen molar-refractivity contribution in [3.8, 4) is 0 Å². The van der Waals surface area contributed by atoms with Crippen molar-refractivity contribution in [2.45, 2.75) is 38.7 Å². The molecule has 0 spiro atoms. The molecule has 1 N–H and O–H groups in total. The lowest BCUT2D eigenvalue weighted by molar-refractivity contribution is 0.0360. The number of aryl methyl sites for hydroxylation is 1. The Bertz CT molecular complexity index is 494. The highest BCUT2D eigenvalue weighted by Crippen LogP contribution is 2.23. The quantitative estimate of drug-likeness (QED) is 0.895. The van der Waals surface area contributed by atoms with Crippen LogP contribution in [0.1, 0.15) is 29.6 Å². The number of nitrogens with zero attached hydrogens (tertiary/aromatic N) is 1. The molecule has 1 aromatic carbocycles. The fraction of sp³-hybridized carbons (Fsp3) is 0.400. The van der Waals surface area contributed by atoms with Crippen molar-refractivity contribution in [1.82, 2.24) is 4.98 Å². The molecule has 1 heterocycles. The van der Waals surface area contributed by atoms with E-state index in [-0.39, 0.29) is 0 Å². The van der Waals surface area contributed by atoms with Gasteiger partial charge in [-0.3, -0.25) is 0 Å². The number of hydrogen-bond acceptors (Lipinski definition) is 3. The molecule has 0 bridgehead atoms. The van der Waals surface area contributed by atoms with Gasteiger partial charge in [-0.15, -0.1) is 11.3 Å². The Balaban J connectivity index is 2.10. The molecule has 0 saturated carbocycles. The Morgan fingerprint density at radius 3 is 2.50 bits per heavy atom. The van der Waals surface area contributed by atoms with Gasteiger partial charge in [0, 0.05) is 18.2 Å². The molecule has 0 aliphatic rings. The van der Waals surface area contributed by atoms with E-state index in [2.05, 4.69) is 17.1 Å². The number of hydrogen-bond donors (Lipinski definition) is 1. The third kappa shape index (κ3) is 3.40. The lowest BCUT2D eigenvalue weighted by atomic mass is 9.88. The predicted octanol–water partition coefficient (Wildman–Crippen LogP) is 3.38. The second-order valence-electron chi connectivity index (χ2n) is 4.77. The van der Waals surface area contributed by atoms with Gasteiger partial charge in [0.2, 0.25) is 0 Å². The number of rotatable bonds is 5. The van der Waals surface area contributed by atoms with E-state index >= 15 is 0 Å². The highest BCUT2D eigenvalue weighted by molar-refractivity contribution is 7.09. The molecule has 2 nitrogen and oxygen atoms in total. The molecule has 0 radical (unpaired) electrons. The molecular formula is C15H19NOS. The van der Waals surface area contributed by atoms with Gasteiger partial charge in [-0.2, -0.15) is 0 Å². The monoisotopic (exact) mass is 261 g/mol. The third-order valence-electron chi connectivity index (χ3n) is 3.21. The summed E-state index contributed by atoms with van der Waals surface area (Å²) < 4.78 is 0. The summed E-state index contributed by atoms with van der Waals surface area (Å²) in [5.41, 5.74) is 1.48. The summed E-state index contributed by atoms with van der Waals surface area (Å²) in [5, 5.41) is 13.8. The fourth-order valence-electron chi connectivity index (χ4n) is 2.11. The van der Waals surface area contributed by atoms with Crippen LogP contribution in [0.2, 0.25) is 0 Å². The number of aromatic nitrogens is 1. The topological polar surface area (TPSA) is 33.1 Å². The first-order valence-electron chi connectivity index (χ1n) is 6.28. The molecule has 0 fully saturated rings. The summed E-state index contributed by atoms with van der Waals surface area (Å²) in [6, 6.07) is 10.1. The lowest BCUT2D eigenvalue weighted by Crippen LogP contribution is -2.33. The van der Waals surface area contributed by atoms with Crippen LogP contribution in [0.15, 0.2) is 35.7 Å². The molecule has 0 aliphatic heterocycles. The summed E-state index contributed by atoms with van der Waals surface area (Å²) in [7, 11) is 0. The van der Waals surface area contributed by atoms with Crippen LogP contribution < -0.4 is 0 Å². The van der Waals surface area contributed by atoms with E-state index in [4.69, 9.17) is 0 Å². The average Bonchev–Trinajstić information content (AvgIpc) is 2.75. The molecular weight excluding hydrogens is 242 g/mol. The van der Waals surface area contributed by atoms with Crippen molar-refractivity contribution in [1.29, 1.82) is 0 Å². The van der Waals surface area contributed by atoms with Crippen LogP contribution in [-0.4, -0.2) is 15.7 Å². The van der Waals surface area contributed by atoms with Gasteiger partial charge in [-0.1, -0.05) is 37.3 Å². The molecule has 1 unspecified atom stereocenters. The first kappa shape index (κ1) is 13.2. The summed E-state index contributed by atoms with van der Waals surface area (Å²) in [5.74, 6) is 0. The Hall–Kier alpha value is -1.19. The molecule has 1 aromatic heterocycles. The first-order chi connectivity index (χ1) is 8.61. The van der Waals surface area contributed by atoms with Gasteiger partial charge < -0.3 is 5.11 Å². The van der Waals surface area contributed by atoms with Gasteiger partial charge in [0.05, 0.1) is 16.3 Å². The van der Waals surface area contributed by atoms with Crippen LogP contribution in [-0.2, 0) is 12.8 Å². The maximum Gasteiger partial charge on any atom is 0.0897 e. The standard InChI is InChI=1S/C15H19NOS/c1-3-15(17,9-13-7-5-4-6-8-13)10-14-11-18-12(2)16-14/h4-8,11,17H,3,9-10H2,1-2H3. The van der Waals surface area contributed by atoms with Crippen molar-refractivity contribution in [2.24, 2.45) is 0 Å². The van der Waals surface area contributed by atoms with Crippen molar-refractivity contribution >= 4 is 11.3 Å². The van der Waals surface area contributed by atoms with Crippen LogP contribution >= 0.6 is 11.3 Å². The maximum absolute atomic E-state index is 10.7. The minimum absolute atomic E-state index is 0.628. The average molecular weight is 261 g/mol. The van der Waals surface area contributed by atoms with E-state index in [1.54, 1.807) is 11.3 Å². The zero-order valence-electron chi connectivity index (χ0n) is 10.9. The minimum atomic E-state index is -0.693. The molecule has 2 rings (SSSR count). The number of benzene rings is 1. The van der Waals surface area contributed by atoms with Crippen molar-refractivity contribution < 1.29 is 5.11 Å². The Morgan fingerprint density at radius 1 is 1.22 bits per heavy atom. The van der Waals surface area contributed by atoms with Crippen molar-refractivity contribution in [3.05, 3.63) is 52.0 Å². The Kier molecular flexibility index (Phi) is 4.15. The highest BCUT2D eigenvalue weighted by atomic mass is 32.1. The molecule has 1 atom stereocenters. The summed E-state index contributed by atoms with van der Waals surface area (Å²) in [4.78, 5) is 4.44. The predicted molar refractivity (Wildman–Crippen MR) is 75.9 cm³/mol. The highest BCUT2D eigenvalue weighted by Gasteiger charge is 2.26. The smallest absolute Gasteiger partial charge is 0.0897 e. The van der Waals surface area contributed by atoms with Gasteiger partial charge in [-0.05, 0) is 18.9 Å². The van der Waals surface area contributed by atoms with Crippen LogP contribution in [0, 0.1) is 6.92 Å². The first-order valence-corrected chi connectivity index (χ1v) is 7.16. The normalized spacial score (nSPS) is 14.4. The second kappa shape index (κ2) is 5.63. The molecule has 0 aliphatic carbocycles. The Labute approximate surface area is 112 Å². The Morgan fingerprint density at radius 2 is 1.94 bits per heavy atom. The molecule has 18 heavy (non-hydrogen) atoms. The van der Waals surface area contributed by atoms with Crippen LogP contribution in [0.4, 0.5) is 0 Å². The SMILES string of the molecule is CCC(O)(Cc1ccccc1)Cc1csc(C)n1. The molecule has 0 saturated heterocycles. The van der Waals surface area contributed by atoms with Crippen LogP contribution in [0.3, 0.4) is 0 Å². The summed E-state index contributed by atoms with van der Waals surface area (Å²) in [6.07, 6.45) is 2.04. The maximum atomic E-state index is 10.7. The largest absolute Gasteiger partial charge is 0.389 e. The van der Waals surface area contributed by atoms with Crippen molar-refractivity contribution in [3.63, 3.8) is 0 Å². The van der Waals surface area contributed by atoms with E-state index in [1.807, 2.05) is 37.4 Å². The van der Waals surface area contributed by atoms with Gasteiger partial charge in [-0.25, -0.2) is 4.98 Å². The third-order valence-corrected chi connectivity index (χ3v) is 4.03. The summed E-state index contributed by atoms with van der Waals surface area (Å²) >= 11 is 1.64. The van der Waals surface area contributed by atoms with Gasteiger partial charge in [0.15, 0.2) is 0 Å². The van der Waals surface area contributed by atoms with Gasteiger partial charge in [0.25, 0.3) is 0 Å². The van der Waals surface area contributed by atoms with E-state index in [9.17, 15) is 5.11 Å². The molecule has 2 aromatic rings. The fourth-order valence-corrected chi connectivity index (χ4v) is 2.73. The summed E-state index contributed by atoms with van der Waals surface area (Å²) in [6.45, 7) is 4.03. The van der Waals surface area contributed by atoms with E-state index in [0.717, 1.165) is 17.1 Å².